The molecule has 0 unspecified atom stereocenters. The van der Waals surface area contributed by atoms with Crippen LogP contribution in [0.15, 0.2) is 0 Å². The van der Waals surface area contributed by atoms with Crippen molar-refractivity contribution >= 4 is 5.91 Å². The van der Waals surface area contributed by atoms with Gasteiger partial charge in [-0.1, -0.05) is 6.42 Å². The second-order valence-electron chi connectivity index (χ2n) is 6.64. The Morgan fingerprint density at radius 1 is 1.35 bits per heavy atom. The zero-order valence-electron chi connectivity index (χ0n) is 14.5. The molecular weight excluding hydrogens is 292 g/mol. The highest BCUT2D eigenvalue weighted by molar-refractivity contribution is 5.81. The Labute approximate surface area is 140 Å². The Morgan fingerprint density at radius 2 is 2.09 bits per heavy atom. The van der Waals surface area contributed by atoms with Gasteiger partial charge in [0.1, 0.15) is 0 Å². The van der Waals surface area contributed by atoms with Crippen LogP contribution in [0.3, 0.4) is 0 Å². The lowest BCUT2D eigenvalue weighted by Gasteiger charge is -2.42. The van der Waals surface area contributed by atoms with Crippen LogP contribution in [0.2, 0.25) is 0 Å². The third-order valence-corrected chi connectivity index (χ3v) is 5.04. The highest BCUT2D eigenvalue weighted by atomic mass is 16.5. The Kier molecular flexibility index (Phi) is 7.28. The summed E-state index contributed by atoms with van der Waals surface area (Å²) in [5.74, 6) is 0.133. The highest BCUT2D eigenvalue weighted by Crippen LogP contribution is 2.22. The maximum absolute atomic E-state index is 12.6. The molecule has 2 fully saturated rings. The largest absolute Gasteiger partial charge is 0.379 e. The number of carbonyl (C=O) groups is 1. The van der Waals surface area contributed by atoms with E-state index in [9.17, 15) is 4.79 Å². The maximum atomic E-state index is 12.6. The minimum atomic E-state index is -0.106. The number of hydrogen-bond donors (Lipinski definition) is 0. The first-order chi connectivity index (χ1) is 11.1. The lowest BCUT2D eigenvalue weighted by Crippen LogP contribution is -2.56. The molecule has 0 spiro atoms. The van der Waals surface area contributed by atoms with Crippen molar-refractivity contribution < 1.29 is 9.53 Å². The molecule has 0 aromatic carbocycles. The van der Waals surface area contributed by atoms with E-state index in [1.807, 2.05) is 6.92 Å². The summed E-state index contributed by atoms with van der Waals surface area (Å²) in [6.45, 7) is 8.18. The van der Waals surface area contributed by atoms with Crippen LogP contribution >= 0.6 is 0 Å². The molecule has 2 aliphatic heterocycles. The van der Waals surface area contributed by atoms with E-state index in [4.69, 9.17) is 10.00 Å². The monoisotopic (exact) mass is 322 g/mol. The molecule has 0 saturated carbocycles. The minimum Gasteiger partial charge on any atom is -0.379 e. The topological polar surface area (TPSA) is 59.8 Å². The van der Waals surface area contributed by atoms with Crippen LogP contribution in [-0.4, -0.2) is 85.7 Å². The molecule has 0 aromatic rings. The third-order valence-electron chi connectivity index (χ3n) is 5.04. The van der Waals surface area contributed by atoms with Crippen LogP contribution in [-0.2, 0) is 9.53 Å². The molecule has 2 saturated heterocycles. The summed E-state index contributed by atoms with van der Waals surface area (Å²) in [6, 6.07) is 2.45. The van der Waals surface area contributed by atoms with Crippen molar-refractivity contribution in [1.29, 1.82) is 5.26 Å². The standard InChI is InChI=1S/C17H30N4O2/c1-15(17(22)19(2)8-5-7-18)21-9-4-3-6-16(21)14-20-10-12-23-13-11-20/h15-16H,3-6,8-14H2,1-2H3/t15-,16-/m1/s1. The number of ether oxygens (including phenoxy) is 1. The number of piperidine rings is 1. The number of nitrogens with zero attached hydrogens (tertiary/aromatic N) is 4. The van der Waals surface area contributed by atoms with E-state index in [1.165, 1.54) is 12.8 Å². The highest BCUT2D eigenvalue weighted by Gasteiger charge is 2.32. The average molecular weight is 322 g/mol. The molecule has 0 bridgehead atoms. The van der Waals surface area contributed by atoms with Crippen LogP contribution in [0.4, 0.5) is 0 Å². The third kappa shape index (κ3) is 5.17. The van der Waals surface area contributed by atoms with Gasteiger partial charge in [-0.05, 0) is 26.3 Å². The molecule has 2 aliphatic rings. The fraction of sp³-hybridized carbons (Fsp3) is 0.882. The second kappa shape index (κ2) is 9.21. The minimum absolute atomic E-state index is 0.106. The van der Waals surface area contributed by atoms with Gasteiger partial charge in [0.05, 0.1) is 31.7 Å². The number of rotatable bonds is 6. The van der Waals surface area contributed by atoms with Gasteiger partial charge in [-0.2, -0.15) is 5.26 Å². The fourth-order valence-corrected chi connectivity index (χ4v) is 3.60. The van der Waals surface area contributed by atoms with Gasteiger partial charge in [-0.15, -0.1) is 0 Å². The Hall–Kier alpha value is -1.16. The predicted octanol–water partition coefficient (Wildman–Crippen LogP) is 0.934. The molecule has 6 heteroatoms. The zero-order chi connectivity index (χ0) is 16.7. The van der Waals surface area contributed by atoms with E-state index in [-0.39, 0.29) is 11.9 Å². The van der Waals surface area contributed by atoms with Crippen molar-refractivity contribution in [1.82, 2.24) is 14.7 Å². The van der Waals surface area contributed by atoms with Crippen molar-refractivity contribution in [2.45, 2.75) is 44.7 Å². The summed E-state index contributed by atoms with van der Waals surface area (Å²) >= 11 is 0. The first-order valence-electron chi connectivity index (χ1n) is 8.81. The summed E-state index contributed by atoms with van der Waals surface area (Å²) in [5.41, 5.74) is 0. The molecule has 2 heterocycles. The Morgan fingerprint density at radius 3 is 2.78 bits per heavy atom. The molecule has 1 amide bonds. The van der Waals surface area contributed by atoms with E-state index in [1.54, 1.807) is 11.9 Å². The van der Waals surface area contributed by atoms with Crippen LogP contribution in [0.1, 0.15) is 32.6 Å². The summed E-state index contributed by atoms with van der Waals surface area (Å²) in [7, 11) is 1.80. The van der Waals surface area contributed by atoms with Crippen LogP contribution in [0, 0.1) is 11.3 Å². The quantitative estimate of drug-likeness (QED) is 0.728. The van der Waals surface area contributed by atoms with E-state index in [2.05, 4.69) is 15.9 Å². The number of likely N-dealkylation sites (N-methyl/N-ethyl adjacent to an activating group) is 1. The zero-order valence-corrected chi connectivity index (χ0v) is 14.5. The Balaban J connectivity index is 1.93. The van der Waals surface area contributed by atoms with Gasteiger partial charge in [0.2, 0.25) is 5.91 Å². The van der Waals surface area contributed by atoms with Crippen LogP contribution in [0.5, 0.6) is 0 Å². The van der Waals surface area contributed by atoms with Gasteiger partial charge in [0.25, 0.3) is 0 Å². The first-order valence-corrected chi connectivity index (χ1v) is 8.81. The van der Waals surface area contributed by atoms with Crippen molar-refractivity contribution in [3.05, 3.63) is 0 Å². The maximum Gasteiger partial charge on any atom is 0.239 e. The van der Waals surface area contributed by atoms with Crippen LogP contribution in [0.25, 0.3) is 0 Å². The van der Waals surface area contributed by atoms with Gasteiger partial charge in [0.15, 0.2) is 0 Å². The Bertz CT molecular complexity index is 417. The van der Waals surface area contributed by atoms with Gasteiger partial charge in [-0.25, -0.2) is 0 Å². The number of morpholine rings is 1. The van der Waals surface area contributed by atoms with E-state index >= 15 is 0 Å². The molecule has 23 heavy (non-hydrogen) atoms. The van der Waals surface area contributed by atoms with E-state index < -0.39 is 0 Å². The van der Waals surface area contributed by atoms with Gasteiger partial charge in [0, 0.05) is 39.3 Å². The molecular formula is C17H30N4O2. The molecule has 0 radical (unpaired) electrons. The van der Waals surface area contributed by atoms with Crippen molar-refractivity contribution in [2.24, 2.45) is 0 Å². The number of likely N-dealkylation sites (tertiary alicyclic amines) is 1. The number of nitriles is 1. The van der Waals surface area contributed by atoms with Gasteiger partial charge >= 0.3 is 0 Å². The molecule has 0 aliphatic carbocycles. The lowest BCUT2D eigenvalue weighted by molar-refractivity contribution is -0.137. The summed E-state index contributed by atoms with van der Waals surface area (Å²) in [5, 5.41) is 8.69. The predicted molar refractivity (Wildman–Crippen MR) is 88.9 cm³/mol. The summed E-state index contributed by atoms with van der Waals surface area (Å²) < 4.78 is 5.43. The van der Waals surface area contributed by atoms with Crippen LogP contribution < -0.4 is 0 Å². The number of hydrogen-bond acceptors (Lipinski definition) is 5. The molecule has 6 nitrogen and oxygen atoms in total. The van der Waals surface area contributed by atoms with Gasteiger partial charge < -0.3 is 9.64 Å². The van der Waals surface area contributed by atoms with E-state index in [0.29, 0.717) is 19.0 Å². The number of carbonyl (C=O) groups excluding carboxylic acids is 1. The SMILES string of the molecule is C[C@H](C(=O)N(C)CCC#N)N1CCCC[C@@H]1CN1CCOCC1. The van der Waals surface area contributed by atoms with Crippen molar-refractivity contribution in [3.63, 3.8) is 0 Å². The molecule has 0 aromatic heterocycles. The summed E-state index contributed by atoms with van der Waals surface area (Å²) in [4.78, 5) is 19.2. The van der Waals surface area contributed by atoms with Crippen molar-refractivity contribution in [2.75, 3.05) is 53.0 Å². The molecule has 130 valence electrons. The molecule has 2 atom stereocenters. The first kappa shape index (κ1) is 18.2. The molecule has 0 N–H and O–H groups in total. The molecule has 2 rings (SSSR count). The second-order valence-corrected chi connectivity index (χ2v) is 6.64. The van der Waals surface area contributed by atoms with Gasteiger partial charge in [-0.3, -0.25) is 14.6 Å². The fourth-order valence-electron chi connectivity index (χ4n) is 3.60. The average Bonchev–Trinajstić information content (AvgIpc) is 2.59. The normalized spacial score (nSPS) is 24.8. The van der Waals surface area contributed by atoms with Crippen molar-refractivity contribution in [3.8, 4) is 6.07 Å². The lowest BCUT2D eigenvalue weighted by atomic mass is 9.99. The van der Waals surface area contributed by atoms with E-state index in [0.717, 1.165) is 45.8 Å². The summed E-state index contributed by atoms with van der Waals surface area (Å²) in [6.07, 6.45) is 3.97. The number of amides is 1. The smallest absolute Gasteiger partial charge is 0.239 e.